The van der Waals surface area contributed by atoms with Gasteiger partial charge >= 0.3 is 0 Å². The molecule has 0 unspecified atom stereocenters. The minimum atomic E-state index is -0.121. The van der Waals surface area contributed by atoms with E-state index >= 15 is 0 Å². The van der Waals surface area contributed by atoms with Gasteiger partial charge in [0.1, 0.15) is 11.6 Å². The van der Waals surface area contributed by atoms with Gasteiger partial charge in [-0.3, -0.25) is 4.79 Å². The van der Waals surface area contributed by atoms with Gasteiger partial charge in [-0.15, -0.1) is 0 Å². The van der Waals surface area contributed by atoms with E-state index in [9.17, 15) is 4.79 Å². The first-order chi connectivity index (χ1) is 13.7. The molecule has 0 aliphatic carbocycles. The Balaban J connectivity index is 1.58. The number of benzene rings is 2. The zero-order valence-electron chi connectivity index (χ0n) is 16.3. The van der Waals surface area contributed by atoms with Gasteiger partial charge in [-0.2, -0.15) is 0 Å². The summed E-state index contributed by atoms with van der Waals surface area (Å²) in [7, 11) is 1.65. The van der Waals surface area contributed by atoms with Crippen LogP contribution in [0.2, 0.25) is 0 Å². The Morgan fingerprint density at radius 3 is 2.57 bits per heavy atom. The highest BCUT2D eigenvalue weighted by atomic mass is 16.5. The van der Waals surface area contributed by atoms with Gasteiger partial charge in [-0.05, 0) is 55.3 Å². The monoisotopic (exact) mass is 375 g/mol. The summed E-state index contributed by atoms with van der Waals surface area (Å²) in [5, 5.41) is 2.95. The fourth-order valence-electron chi connectivity index (χ4n) is 3.02. The molecule has 3 rings (SSSR count). The van der Waals surface area contributed by atoms with Gasteiger partial charge in [0.25, 0.3) is 5.91 Å². The first-order valence-electron chi connectivity index (χ1n) is 9.41. The van der Waals surface area contributed by atoms with Gasteiger partial charge < -0.3 is 15.0 Å². The van der Waals surface area contributed by atoms with Gasteiger partial charge in [0.2, 0.25) is 0 Å². The number of carbonyl (C=O) groups is 1. The molecule has 1 heterocycles. The van der Waals surface area contributed by atoms with E-state index in [-0.39, 0.29) is 5.91 Å². The minimum Gasteiger partial charge on any atom is -0.497 e. The number of pyridine rings is 1. The number of amides is 1. The molecule has 0 fully saturated rings. The second kappa shape index (κ2) is 9.55. The van der Waals surface area contributed by atoms with Crippen LogP contribution in [0.4, 0.5) is 11.5 Å². The summed E-state index contributed by atoms with van der Waals surface area (Å²) in [5.74, 6) is 1.52. The highest BCUT2D eigenvalue weighted by molar-refractivity contribution is 5.94. The van der Waals surface area contributed by atoms with Crippen LogP contribution in [0.25, 0.3) is 0 Å². The summed E-state index contributed by atoms with van der Waals surface area (Å²) in [5.41, 5.74) is 2.75. The smallest absolute Gasteiger partial charge is 0.252 e. The zero-order valence-corrected chi connectivity index (χ0v) is 16.3. The minimum absolute atomic E-state index is 0.121. The van der Waals surface area contributed by atoms with E-state index in [1.165, 1.54) is 0 Å². The van der Waals surface area contributed by atoms with E-state index in [0.29, 0.717) is 12.1 Å². The number of anilines is 2. The average molecular weight is 375 g/mol. The summed E-state index contributed by atoms with van der Waals surface area (Å²) < 4.78 is 5.22. The number of para-hydroxylation sites is 1. The van der Waals surface area contributed by atoms with Crippen molar-refractivity contribution in [2.75, 3.05) is 25.1 Å². The van der Waals surface area contributed by atoms with E-state index in [4.69, 9.17) is 4.74 Å². The average Bonchev–Trinajstić information content (AvgIpc) is 2.75. The molecular formula is C23H25N3O2. The van der Waals surface area contributed by atoms with Crippen molar-refractivity contribution in [1.82, 2.24) is 10.3 Å². The van der Waals surface area contributed by atoms with E-state index in [1.54, 1.807) is 13.3 Å². The SMILES string of the molecule is CCN(c1ccccc1)c1ccc(C(=O)NCCc2cccc(OC)c2)cn1. The summed E-state index contributed by atoms with van der Waals surface area (Å²) in [6.07, 6.45) is 2.37. The predicted molar refractivity (Wildman–Crippen MR) is 112 cm³/mol. The maximum atomic E-state index is 12.4. The van der Waals surface area contributed by atoms with E-state index in [0.717, 1.165) is 35.8 Å². The largest absolute Gasteiger partial charge is 0.497 e. The lowest BCUT2D eigenvalue weighted by Crippen LogP contribution is -2.26. The Bertz CT molecular complexity index is 895. The number of nitrogens with one attached hydrogen (secondary N) is 1. The third-order valence-electron chi connectivity index (χ3n) is 4.50. The van der Waals surface area contributed by atoms with Gasteiger partial charge in [0, 0.05) is 25.0 Å². The lowest BCUT2D eigenvalue weighted by Gasteiger charge is -2.22. The van der Waals surface area contributed by atoms with Crippen LogP contribution in [-0.4, -0.2) is 31.1 Å². The molecule has 0 bridgehead atoms. The van der Waals surface area contributed by atoms with Crippen LogP contribution in [0.1, 0.15) is 22.8 Å². The summed E-state index contributed by atoms with van der Waals surface area (Å²) in [6, 6.07) is 21.6. The molecular weight excluding hydrogens is 350 g/mol. The number of hydrogen-bond donors (Lipinski definition) is 1. The number of carbonyl (C=O) groups excluding carboxylic acids is 1. The van der Waals surface area contributed by atoms with E-state index < -0.39 is 0 Å². The lowest BCUT2D eigenvalue weighted by molar-refractivity contribution is 0.0954. The molecule has 0 spiro atoms. The van der Waals surface area contributed by atoms with Crippen LogP contribution < -0.4 is 15.0 Å². The van der Waals surface area contributed by atoms with Crippen molar-refractivity contribution in [1.29, 1.82) is 0 Å². The molecule has 0 saturated carbocycles. The first-order valence-corrected chi connectivity index (χ1v) is 9.41. The maximum Gasteiger partial charge on any atom is 0.252 e. The molecule has 0 atom stereocenters. The van der Waals surface area contributed by atoms with Crippen molar-refractivity contribution in [3.05, 3.63) is 84.1 Å². The Morgan fingerprint density at radius 2 is 1.89 bits per heavy atom. The molecule has 2 aromatic carbocycles. The predicted octanol–water partition coefficient (Wildman–Crippen LogP) is 4.22. The van der Waals surface area contributed by atoms with Crippen LogP contribution in [0, 0.1) is 0 Å². The van der Waals surface area contributed by atoms with Gasteiger partial charge in [0.05, 0.1) is 12.7 Å². The van der Waals surface area contributed by atoms with Crippen LogP contribution in [-0.2, 0) is 6.42 Å². The third kappa shape index (κ3) is 4.88. The van der Waals surface area contributed by atoms with Gasteiger partial charge in [0.15, 0.2) is 0 Å². The molecule has 5 heteroatoms. The second-order valence-electron chi connectivity index (χ2n) is 6.34. The fraction of sp³-hybridized carbons (Fsp3) is 0.217. The molecule has 1 amide bonds. The summed E-state index contributed by atoms with van der Waals surface area (Å²) in [4.78, 5) is 19.0. The van der Waals surface area contributed by atoms with Crippen molar-refractivity contribution < 1.29 is 9.53 Å². The number of hydrogen-bond acceptors (Lipinski definition) is 4. The van der Waals surface area contributed by atoms with Crippen molar-refractivity contribution >= 4 is 17.4 Å². The molecule has 144 valence electrons. The second-order valence-corrected chi connectivity index (χ2v) is 6.34. The Hall–Kier alpha value is -3.34. The molecule has 0 radical (unpaired) electrons. The molecule has 28 heavy (non-hydrogen) atoms. The van der Waals surface area contributed by atoms with Crippen molar-refractivity contribution in [2.45, 2.75) is 13.3 Å². The number of ether oxygens (including phenoxy) is 1. The summed E-state index contributed by atoms with van der Waals surface area (Å²) >= 11 is 0. The van der Waals surface area contributed by atoms with Crippen molar-refractivity contribution in [2.24, 2.45) is 0 Å². The van der Waals surface area contributed by atoms with Crippen molar-refractivity contribution in [3.63, 3.8) is 0 Å². The zero-order chi connectivity index (χ0) is 19.8. The summed E-state index contributed by atoms with van der Waals surface area (Å²) in [6.45, 7) is 3.43. The lowest BCUT2D eigenvalue weighted by atomic mass is 10.1. The number of aromatic nitrogens is 1. The number of nitrogens with zero attached hydrogens (tertiary/aromatic N) is 2. The van der Waals surface area contributed by atoms with Gasteiger partial charge in [-0.1, -0.05) is 30.3 Å². The van der Waals surface area contributed by atoms with Crippen LogP contribution >= 0.6 is 0 Å². The quantitative estimate of drug-likeness (QED) is 0.640. The molecule has 1 N–H and O–H groups in total. The Kier molecular flexibility index (Phi) is 6.63. The topological polar surface area (TPSA) is 54.5 Å². The fourth-order valence-corrected chi connectivity index (χ4v) is 3.02. The molecule has 3 aromatic rings. The van der Waals surface area contributed by atoms with E-state index in [1.807, 2.05) is 66.7 Å². The number of methoxy groups -OCH3 is 1. The molecule has 5 nitrogen and oxygen atoms in total. The standard InChI is InChI=1S/C23H25N3O2/c1-3-26(20-9-5-4-6-10-20)22-13-12-19(17-25-22)23(27)24-15-14-18-8-7-11-21(16-18)28-2/h4-13,16-17H,3,14-15H2,1-2H3,(H,24,27). The van der Waals surface area contributed by atoms with Gasteiger partial charge in [-0.25, -0.2) is 4.98 Å². The van der Waals surface area contributed by atoms with Crippen LogP contribution in [0.3, 0.4) is 0 Å². The molecule has 0 aliphatic heterocycles. The van der Waals surface area contributed by atoms with Crippen LogP contribution in [0.15, 0.2) is 72.9 Å². The highest BCUT2D eigenvalue weighted by Gasteiger charge is 2.10. The highest BCUT2D eigenvalue weighted by Crippen LogP contribution is 2.22. The molecule has 1 aromatic heterocycles. The maximum absolute atomic E-state index is 12.4. The Labute approximate surface area is 166 Å². The number of rotatable bonds is 8. The third-order valence-corrected chi connectivity index (χ3v) is 4.50. The van der Waals surface area contributed by atoms with Crippen molar-refractivity contribution in [3.8, 4) is 5.75 Å². The van der Waals surface area contributed by atoms with E-state index in [2.05, 4.69) is 22.1 Å². The Morgan fingerprint density at radius 1 is 1.07 bits per heavy atom. The molecule has 0 saturated heterocycles. The normalized spacial score (nSPS) is 10.4. The first kappa shape index (κ1) is 19.4. The van der Waals surface area contributed by atoms with Crippen LogP contribution in [0.5, 0.6) is 5.75 Å². The molecule has 0 aliphatic rings.